The van der Waals surface area contributed by atoms with Gasteiger partial charge in [0.1, 0.15) is 6.04 Å². The third-order valence-electron chi connectivity index (χ3n) is 2.67. The van der Waals surface area contributed by atoms with Crippen LogP contribution in [0.5, 0.6) is 0 Å². The monoisotopic (exact) mass is 302 g/mol. The maximum atomic E-state index is 12.0. The van der Waals surface area contributed by atoms with Gasteiger partial charge in [0.25, 0.3) is 10.2 Å². The van der Waals surface area contributed by atoms with Crippen LogP contribution in [0.25, 0.3) is 0 Å². The third kappa shape index (κ3) is 4.89. The molecule has 0 bridgehead atoms. The molecule has 7 nitrogen and oxygen atoms in total. The molecule has 8 heteroatoms. The minimum atomic E-state index is -3.93. The van der Waals surface area contributed by atoms with Crippen LogP contribution in [0.1, 0.15) is 12.0 Å². The van der Waals surface area contributed by atoms with E-state index in [2.05, 4.69) is 4.72 Å². The van der Waals surface area contributed by atoms with E-state index in [0.717, 1.165) is 9.87 Å². The second-order valence-electron chi connectivity index (χ2n) is 4.27. The summed E-state index contributed by atoms with van der Waals surface area (Å²) in [5, 5.41) is 17.6. The standard InChI is InChI=1S/C12H18N2O5S/c1-14(9-10-5-3-2-4-6-10)20(18,19)13-11(7-8-15)12(16)17/h2-6,11,13,15H,7-9H2,1H3,(H,16,17). The van der Waals surface area contributed by atoms with Crippen molar-refractivity contribution in [1.29, 1.82) is 0 Å². The van der Waals surface area contributed by atoms with Gasteiger partial charge in [0.2, 0.25) is 0 Å². The topological polar surface area (TPSA) is 107 Å². The number of hydrogen-bond donors (Lipinski definition) is 3. The summed E-state index contributed by atoms with van der Waals surface area (Å²) in [6, 6.07) is 7.59. The van der Waals surface area contributed by atoms with Crippen molar-refractivity contribution in [2.45, 2.75) is 19.0 Å². The average molecular weight is 302 g/mol. The Morgan fingerprint density at radius 3 is 2.45 bits per heavy atom. The Kier molecular flexibility index (Phi) is 6.08. The number of aliphatic carboxylic acids is 1. The first kappa shape index (κ1) is 16.6. The van der Waals surface area contributed by atoms with Crippen molar-refractivity contribution in [2.24, 2.45) is 0 Å². The number of aliphatic hydroxyl groups excluding tert-OH is 1. The SMILES string of the molecule is CN(Cc1ccccc1)S(=O)(=O)NC(CCO)C(=O)O. The molecule has 0 fully saturated rings. The lowest BCUT2D eigenvalue weighted by Gasteiger charge is -2.20. The zero-order chi connectivity index (χ0) is 15.2. The number of aliphatic hydroxyl groups is 1. The first-order chi connectivity index (χ1) is 9.36. The molecule has 0 aliphatic carbocycles. The number of benzene rings is 1. The predicted octanol–water partition coefficient (Wildman–Crippen LogP) is -0.212. The van der Waals surface area contributed by atoms with Gasteiger partial charge in [0.15, 0.2) is 0 Å². The van der Waals surface area contributed by atoms with Crippen molar-refractivity contribution in [2.75, 3.05) is 13.7 Å². The van der Waals surface area contributed by atoms with Crippen molar-refractivity contribution in [1.82, 2.24) is 9.03 Å². The Bertz CT molecular complexity index is 532. The molecular formula is C12H18N2O5S. The fraction of sp³-hybridized carbons (Fsp3) is 0.417. The fourth-order valence-electron chi connectivity index (χ4n) is 1.56. The van der Waals surface area contributed by atoms with Crippen LogP contribution in [0.3, 0.4) is 0 Å². The summed E-state index contributed by atoms with van der Waals surface area (Å²) in [5.74, 6) is -1.32. The molecule has 112 valence electrons. The summed E-state index contributed by atoms with van der Waals surface area (Å²) >= 11 is 0. The van der Waals surface area contributed by atoms with Gasteiger partial charge in [-0.15, -0.1) is 0 Å². The number of nitrogens with one attached hydrogen (secondary N) is 1. The van der Waals surface area contributed by atoms with Gasteiger partial charge >= 0.3 is 5.97 Å². The summed E-state index contributed by atoms with van der Waals surface area (Å²) in [4.78, 5) is 10.9. The maximum absolute atomic E-state index is 12.0. The number of hydrogen-bond acceptors (Lipinski definition) is 4. The highest BCUT2D eigenvalue weighted by Crippen LogP contribution is 2.07. The van der Waals surface area contributed by atoms with Crippen LogP contribution in [-0.2, 0) is 21.5 Å². The molecule has 0 aromatic heterocycles. The lowest BCUT2D eigenvalue weighted by molar-refractivity contribution is -0.139. The number of carbonyl (C=O) groups is 1. The van der Waals surface area contributed by atoms with E-state index < -0.39 is 28.8 Å². The second kappa shape index (κ2) is 7.34. The van der Waals surface area contributed by atoms with Crippen molar-refractivity contribution in [3.8, 4) is 0 Å². The molecule has 0 saturated carbocycles. The zero-order valence-corrected chi connectivity index (χ0v) is 11.9. The molecule has 1 atom stereocenters. The first-order valence-corrected chi connectivity index (χ1v) is 7.42. The van der Waals surface area contributed by atoms with E-state index in [9.17, 15) is 13.2 Å². The molecule has 3 N–H and O–H groups in total. The Morgan fingerprint density at radius 2 is 1.95 bits per heavy atom. The summed E-state index contributed by atoms with van der Waals surface area (Å²) < 4.78 is 27.1. The lowest BCUT2D eigenvalue weighted by atomic mass is 10.2. The summed E-state index contributed by atoms with van der Waals surface area (Å²) in [6.07, 6.45) is -0.187. The van der Waals surface area contributed by atoms with Gasteiger partial charge < -0.3 is 10.2 Å². The average Bonchev–Trinajstić information content (AvgIpc) is 2.39. The van der Waals surface area contributed by atoms with Gasteiger partial charge in [-0.2, -0.15) is 17.4 Å². The van der Waals surface area contributed by atoms with Crippen molar-refractivity contribution < 1.29 is 23.4 Å². The van der Waals surface area contributed by atoms with E-state index in [-0.39, 0.29) is 13.0 Å². The third-order valence-corrected chi connectivity index (χ3v) is 4.20. The quantitative estimate of drug-likeness (QED) is 0.616. The summed E-state index contributed by atoms with van der Waals surface area (Å²) in [6.45, 7) is -0.288. The van der Waals surface area contributed by atoms with E-state index in [4.69, 9.17) is 10.2 Å². The Hall–Kier alpha value is -1.48. The van der Waals surface area contributed by atoms with Crippen LogP contribution < -0.4 is 4.72 Å². The lowest BCUT2D eigenvalue weighted by Crippen LogP contribution is -2.47. The van der Waals surface area contributed by atoms with Crippen LogP contribution in [0.4, 0.5) is 0 Å². The van der Waals surface area contributed by atoms with Crippen LogP contribution in [0, 0.1) is 0 Å². The van der Waals surface area contributed by atoms with Crippen molar-refractivity contribution in [3.05, 3.63) is 35.9 Å². The number of carboxylic acid groups (broad SMARTS) is 1. The number of nitrogens with zero attached hydrogens (tertiary/aromatic N) is 1. The zero-order valence-electron chi connectivity index (χ0n) is 11.1. The normalized spacial score (nSPS) is 13.3. The Balaban J connectivity index is 2.74. The van der Waals surface area contributed by atoms with E-state index in [0.29, 0.717) is 0 Å². The van der Waals surface area contributed by atoms with Gasteiger partial charge in [-0.05, 0) is 12.0 Å². The largest absolute Gasteiger partial charge is 0.480 e. The minimum absolute atomic E-state index is 0.127. The molecule has 1 aromatic carbocycles. The van der Waals surface area contributed by atoms with E-state index in [1.54, 1.807) is 24.3 Å². The smallest absolute Gasteiger partial charge is 0.321 e. The molecule has 0 spiro atoms. The van der Waals surface area contributed by atoms with Gasteiger partial charge in [-0.3, -0.25) is 4.79 Å². The van der Waals surface area contributed by atoms with Crippen LogP contribution in [0.2, 0.25) is 0 Å². The van der Waals surface area contributed by atoms with Crippen molar-refractivity contribution in [3.63, 3.8) is 0 Å². The van der Waals surface area contributed by atoms with Gasteiger partial charge in [0.05, 0.1) is 0 Å². The molecule has 0 amide bonds. The number of rotatable bonds is 8. The molecule has 1 rings (SSSR count). The molecule has 0 heterocycles. The fourth-order valence-corrected chi connectivity index (χ4v) is 2.63. The highest BCUT2D eigenvalue weighted by molar-refractivity contribution is 7.87. The van der Waals surface area contributed by atoms with Gasteiger partial charge in [-0.1, -0.05) is 30.3 Å². The van der Waals surface area contributed by atoms with Crippen LogP contribution in [-0.4, -0.2) is 48.6 Å². The van der Waals surface area contributed by atoms with Crippen LogP contribution >= 0.6 is 0 Å². The highest BCUT2D eigenvalue weighted by Gasteiger charge is 2.26. The predicted molar refractivity (Wildman–Crippen MR) is 73.1 cm³/mol. The first-order valence-electron chi connectivity index (χ1n) is 5.98. The Morgan fingerprint density at radius 1 is 1.35 bits per heavy atom. The molecule has 0 aliphatic heterocycles. The molecule has 1 unspecified atom stereocenters. The molecule has 20 heavy (non-hydrogen) atoms. The Labute approximate surface area is 118 Å². The molecule has 0 radical (unpaired) electrons. The van der Waals surface area contributed by atoms with E-state index >= 15 is 0 Å². The van der Waals surface area contributed by atoms with E-state index in [1.165, 1.54) is 7.05 Å². The second-order valence-corrected chi connectivity index (χ2v) is 6.08. The highest BCUT2D eigenvalue weighted by atomic mass is 32.2. The molecule has 0 saturated heterocycles. The molecular weight excluding hydrogens is 284 g/mol. The van der Waals surface area contributed by atoms with E-state index in [1.807, 2.05) is 6.07 Å². The molecule has 0 aliphatic rings. The van der Waals surface area contributed by atoms with Crippen molar-refractivity contribution >= 4 is 16.2 Å². The van der Waals surface area contributed by atoms with Crippen LogP contribution in [0.15, 0.2) is 30.3 Å². The summed E-state index contributed by atoms with van der Waals surface area (Å²) in [5.41, 5.74) is 0.786. The minimum Gasteiger partial charge on any atom is -0.480 e. The van der Waals surface area contributed by atoms with Gasteiger partial charge in [0, 0.05) is 20.2 Å². The molecule has 1 aromatic rings. The maximum Gasteiger partial charge on any atom is 0.321 e. The van der Waals surface area contributed by atoms with Gasteiger partial charge in [-0.25, -0.2) is 0 Å². The number of carboxylic acids is 1. The summed E-state index contributed by atoms with van der Waals surface area (Å²) in [7, 11) is -2.58.